The Morgan fingerprint density at radius 2 is 1.50 bits per heavy atom. The van der Waals surface area contributed by atoms with Gasteiger partial charge in [-0.25, -0.2) is 0 Å². The Bertz CT molecular complexity index is 739. The van der Waals surface area contributed by atoms with Crippen LogP contribution in [0.2, 0.25) is 17.6 Å². The molecule has 0 atom stereocenters. The van der Waals surface area contributed by atoms with Gasteiger partial charge in [0.25, 0.3) is 0 Å². The van der Waals surface area contributed by atoms with E-state index in [0.717, 1.165) is 5.75 Å². The molecule has 0 radical (unpaired) electrons. The van der Waals surface area contributed by atoms with Crippen molar-refractivity contribution in [2.75, 3.05) is 6.61 Å². The molecule has 1 nitrogen and oxygen atoms in total. The molecular weight excluding hydrogens is 332 g/mol. The molecule has 1 aromatic rings. The molecule has 2 heteroatoms. The van der Waals surface area contributed by atoms with Gasteiger partial charge in [0.05, 0.1) is 0 Å². The van der Waals surface area contributed by atoms with Gasteiger partial charge in [-0.15, -0.1) is 0 Å². The summed E-state index contributed by atoms with van der Waals surface area (Å²) in [4.78, 5) is 0. The summed E-state index contributed by atoms with van der Waals surface area (Å²) in [6, 6.07) is 7.14. The van der Waals surface area contributed by atoms with Crippen LogP contribution in [0.3, 0.4) is 0 Å². The lowest BCUT2D eigenvalue weighted by Gasteiger charge is -2.40. The summed E-state index contributed by atoms with van der Waals surface area (Å²) in [7, 11) is -1.83. The third-order valence-electron chi connectivity index (χ3n) is 6.73. The molecule has 0 aliphatic heterocycles. The fourth-order valence-corrected chi connectivity index (χ4v) is 10.7. The first-order valence-electron chi connectivity index (χ1n) is 9.95. The highest BCUT2D eigenvalue weighted by atomic mass is 28.3. The molecule has 0 amide bonds. The summed E-state index contributed by atoms with van der Waals surface area (Å²) in [5.74, 6) is 1.12. The zero-order chi connectivity index (χ0) is 19.6. The van der Waals surface area contributed by atoms with Crippen LogP contribution in [0.15, 0.2) is 47.1 Å². The van der Waals surface area contributed by atoms with E-state index in [1.165, 1.54) is 39.5 Å². The normalized spacial score (nSPS) is 15.8. The predicted molar refractivity (Wildman–Crippen MR) is 118 cm³/mol. The SMILES string of the molecule is C=CCOc1c(C)cc(C)cc1[Si](CC)(CC)C1C(C)=C(C)C(C)=C1C. The topological polar surface area (TPSA) is 9.23 Å². The van der Waals surface area contributed by atoms with E-state index >= 15 is 0 Å². The quantitative estimate of drug-likeness (QED) is 0.388. The Hall–Kier alpha value is -1.54. The zero-order valence-electron chi connectivity index (χ0n) is 18.0. The average Bonchev–Trinajstić information content (AvgIpc) is 2.80. The van der Waals surface area contributed by atoms with E-state index in [0.29, 0.717) is 12.1 Å². The Balaban J connectivity index is 2.78. The second kappa shape index (κ2) is 8.00. The van der Waals surface area contributed by atoms with Gasteiger partial charge < -0.3 is 4.74 Å². The van der Waals surface area contributed by atoms with Gasteiger partial charge in [0.2, 0.25) is 0 Å². The highest BCUT2D eigenvalue weighted by molar-refractivity contribution is 6.94. The van der Waals surface area contributed by atoms with Crippen molar-refractivity contribution in [1.82, 2.24) is 0 Å². The van der Waals surface area contributed by atoms with Crippen LogP contribution < -0.4 is 9.92 Å². The fraction of sp³-hybridized carbons (Fsp3) is 0.500. The number of allylic oxidation sites excluding steroid dienone is 4. The van der Waals surface area contributed by atoms with Gasteiger partial charge in [0.15, 0.2) is 0 Å². The van der Waals surface area contributed by atoms with Gasteiger partial charge in [-0.2, -0.15) is 0 Å². The first-order chi connectivity index (χ1) is 12.2. The van der Waals surface area contributed by atoms with E-state index in [4.69, 9.17) is 4.74 Å². The minimum atomic E-state index is -1.83. The van der Waals surface area contributed by atoms with Gasteiger partial charge in [-0.1, -0.05) is 67.4 Å². The molecule has 2 rings (SSSR count). The first kappa shape index (κ1) is 20.8. The minimum absolute atomic E-state index is 0.571. The van der Waals surface area contributed by atoms with Gasteiger partial charge in [-0.3, -0.25) is 0 Å². The molecule has 0 saturated carbocycles. The summed E-state index contributed by atoms with van der Waals surface area (Å²) in [5.41, 5.74) is 9.37. The molecule has 0 aromatic heterocycles. The molecule has 1 aliphatic carbocycles. The van der Waals surface area contributed by atoms with Crippen molar-refractivity contribution in [1.29, 1.82) is 0 Å². The van der Waals surface area contributed by atoms with Crippen molar-refractivity contribution in [3.63, 3.8) is 0 Å². The fourth-order valence-electron chi connectivity index (χ4n) is 5.03. The summed E-state index contributed by atoms with van der Waals surface area (Å²) < 4.78 is 6.25. The van der Waals surface area contributed by atoms with Gasteiger partial charge in [0.1, 0.15) is 20.4 Å². The second-order valence-electron chi connectivity index (χ2n) is 7.97. The number of benzene rings is 1. The van der Waals surface area contributed by atoms with E-state index in [-0.39, 0.29) is 0 Å². The van der Waals surface area contributed by atoms with E-state index in [9.17, 15) is 0 Å². The molecule has 0 fully saturated rings. The van der Waals surface area contributed by atoms with Crippen LogP contribution in [0.25, 0.3) is 0 Å². The Morgan fingerprint density at radius 3 is 1.96 bits per heavy atom. The monoisotopic (exact) mass is 368 g/mol. The molecule has 1 aromatic carbocycles. The maximum atomic E-state index is 6.25. The molecule has 1 aliphatic rings. The molecule has 0 bridgehead atoms. The number of hydrogen-bond acceptors (Lipinski definition) is 1. The van der Waals surface area contributed by atoms with E-state index in [1.54, 1.807) is 11.1 Å². The van der Waals surface area contributed by atoms with Crippen molar-refractivity contribution in [3.8, 4) is 5.75 Å². The lowest BCUT2D eigenvalue weighted by molar-refractivity contribution is 0.363. The first-order valence-corrected chi connectivity index (χ1v) is 12.4. The molecule has 142 valence electrons. The predicted octanol–water partition coefficient (Wildman–Crippen LogP) is 6.62. The number of hydrogen-bond donors (Lipinski definition) is 0. The average molecular weight is 369 g/mol. The maximum Gasteiger partial charge on any atom is 0.121 e. The Labute approximate surface area is 161 Å². The van der Waals surface area contributed by atoms with Crippen LogP contribution in [0.4, 0.5) is 0 Å². The largest absolute Gasteiger partial charge is 0.489 e. The standard InChI is InChI=1S/C24H36OSi/c1-10-13-25-23-17(5)14-16(4)15-22(23)26(11-2,12-3)24-20(8)18(6)19(7)21(24)9/h10,14-15,24H,1,11-13H2,2-9H3. The van der Waals surface area contributed by atoms with Crippen LogP contribution >= 0.6 is 0 Å². The smallest absolute Gasteiger partial charge is 0.121 e. The molecule has 0 saturated heterocycles. The molecule has 0 N–H and O–H groups in total. The van der Waals surface area contributed by atoms with Crippen molar-refractivity contribution in [2.24, 2.45) is 0 Å². The van der Waals surface area contributed by atoms with Crippen molar-refractivity contribution in [2.45, 2.75) is 73.0 Å². The summed E-state index contributed by atoms with van der Waals surface area (Å²) in [6.07, 6.45) is 1.85. The van der Waals surface area contributed by atoms with Crippen molar-refractivity contribution in [3.05, 3.63) is 58.2 Å². The number of rotatable bonds is 7. The van der Waals surface area contributed by atoms with Gasteiger partial charge >= 0.3 is 0 Å². The van der Waals surface area contributed by atoms with Crippen molar-refractivity contribution < 1.29 is 4.74 Å². The summed E-state index contributed by atoms with van der Waals surface area (Å²) in [6.45, 7) is 22.9. The van der Waals surface area contributed by atoms with Gasteiger partial charge in [0, 0.05) is 5.54 Å². The van der Waals surface area contributed by atoms with Crippen LogP contribution in [-0.2, 0) is 0 Å². The van der Waals surface area contributed by atoms with E-state index in [1.807, 2.05) is 6.08 Å². The van der Waals surface area contributed by atoms with Crippen LogP contribution in [0, 0.1) is 13.8 Å². The minimum Gasteiger partial charge on any atom is -0.489 e. The maximum absolute atomic E-state index is 6.25. The Morgan fingerprint density at radius 1 is 0.962 bits per heavy atom. The Kier molecular flexibility index (Phi) is 6.39. The van der Waals surface area contributed by atoms with Gasteiger partial charge in [-0.05, 0) is 63.4 Å². The molecule has 0 spiro atoms. The molecule has 0 heterocycles. The molecule has 0 unspecified atom stereocenters. The van der Waals surface area contributed by atoms with E-state index in [2.05, 4.69) is 74.1 Å². The molecule has 26 heavy (non-hydrogen) atoms. The number of aryl methyl sites for hydroxylation is 2. The van der Waals surface area contributed by atoms with Crippen LogP contribution in [0.5, 0.6) is 5.75 Å². The van der Waals surface area contributed by atoms with Crippen LogP contribution in [0.1, 0.15) is 52.7 Å². The highest BCUT2D eigenvalue weighted by Gasteiger charge is 2.46. The lowest BCUT2D eigenvalue weighted by Crippen LogP contribution is -2.52. The third kappa shape index (κ3) is 3.24. The zero-order valence-corrected chi connectivity index (χ0v) is 19.0. The highest BCUT2D eigenvalue weighted by Crippen LogP contribution is 2.49. The number of ether oxygens (including phenoxy) is 1. The summed E-state index contributed by atoms with van der Waals surface area (Å²) in [5, 5.41) is 1.51. The second-order valence-corrected chi connectivity index (χ2v) is 12.8. The van der Waals surface area contributed by atoms with E-state index < -0.39 is 8.07 Å². The third-order valence-corrected chi connectivity index (χ3v) is 12.7. The summed E-state index contributed by atoms with van der Waals surface area (Å²) >= 11 is 0. The van der Waals surface area contributed by atoms with Crippen molar-refractivity contribution >= 4 is 13.3 Å². The van der Waals surface area contributed by atoms with Crippen LogP contribution in [-0.4, -0.2) is 14.7 Å². The lowest BCUT2D eigenvalue weighted by atomic mass is 10.1. The molecular formula is C24H36OSi.